The van der Waals surface area contributed by atoms with Crippen LogP contribution in [0.3, 0.4) is 0 Å². The van der Waals surface area contributed by atoms with E-state index in [1.54, 1.807) is 98.7 Å². The Morgan fingerprint density at radius 1 is 0.457 bits per heavy atom. The first-order valence-corrected chi connectivity index (χ1v) is 15.2. The molecule has 0 heterocycles. The molecule has 0 N–H and O–H groups in total. The second-order valence-corrected chi connectivity index (χ2v) is 14.4. The second kappa shape index (κ2) is 13.8. The zero-order valence-corrected chi connectivity index (χ0v) is 28.7. The van der Waals surface area contributed by atoms with Crippen molar-refractivity contribution in [3.63, 3.8) is 0 Å². The van der Waals surface area contributed by atoms with Gasteiger partial charge in [0.1, 0.15) is 34.1 Å². The molecule has 3 aromatic rings. The van der Waals surface area contributed by atoms with E-state index in [4.69, 9.17) is 28.4 Å². The van der Waals surface area contributed by atoms with Crippen LogP contribution in [0.2, 0.25) is 0 Å². The van der Waals surface area contributed by atoms with Crippen LogP contribution in [0, 0.1) is 0 Å². The van der Waals surface area contributed by atoms with Crippen molar-refractivity contribution in [3.8, 4) is 17.2 Å². The molecule has 0 aliphatic carbocycles. The molecule has 0 atom stereocenters. The van der Waals surface area contributed by atoms with E-state index < -0.39 is 46.6 Å². The van der Waals surface area contributed by atoms with Crippen LogP contribution in [0.5, 0.6) is 17.2 Å². The van der Waals surface area contributed by atoms with Gasteiger partial charge in [-0.05, 0) is 80.5 Å². The van der Waals surface area contributed by atoms with Crippen molar-refractivity contribution in [3.05, 3.63) is 89.5 Å². The lowest BCUT2D eigenvalue weighted by Crippen LogP contribution is -2.32. The minimum atomic E-state index is -0.903. The Morgan fingerprint density at radius 2 is 0.761 bits per heavy atom. The molecule has 0 unspecified atom stereocenters. The molecule has 0 aromatic heterocycles. The fourth-order valence-corrected chi connectivity index (χ4v) is 4.89. The lowest BCUT2D eigenvalue weighted by Gasteiger charge is -2.38. The first kappa shape index (κ1) is 35.9. The van der Waals surface area contributed by atoms with Crippen LogP contribution in [-0.4, -0.2) is 35.3 Å². The van der Waals surface area contributed by atoms with Crippen molar-refractivity contribution < 1.29 is 42.8 Å². The number of benzene rings is 3. The Balaban J connectivity index is 2.24. The second-order valence-electron chi connectivity index (χ2n) is 14.4. The van der Waals surface area contributed by atoms with Gasteiger partial charge in [0.15, 0.2) is 0 Å². The van der Waals surface area contributed by atoms with Gasteiger partial charge < -0.3 is 28.4 Å². The minimum Gasteiger partial charge on any atom is -0.428 e. The standard InChI is InChI=1S/C37H46O9/c1-34(2,3)44-31(38)41-27-21-15-12-18-24(27)30(25-19-13-16-22-28(25)42-32(39)45-35(4,5)6)37(10,11)26-20-14-17-23-29(26)43-33(40)46-36(7,8)9/h12-23,30H,1-11H3. The molecule has 0 saturated heterocycles. The summed E-state index contributed by atoms with van der Waals surface area (Å²) >= 11 is 0. The highest BCUT2D eigenvalue weighted by Gasteiger charge is 2.40. The summed E-state index contributed by atoms with van der Waals surface area (Å²) in [5.74, 6) is 0.121. The van der Waals surface area contributed by atoms with Crippen molar-refractivity contribution in [1.29, 1.82) is 0 Å². The third-order valence-corrected chi connectivity index (χ3v) is 6.51. The normalized spacial score (nSPS) is 12.3. The Morgan fingerprint density at radius 3 is 1.13 bits per heavy atom. The van der Waals surface area contributed by atoms with Gasteiger partial charge in [0.25, 0.3) is 0 Å². The van der Waals surface area contributed by atoms with Gasteiger partial charge in [0.05, 0.1) is 0 Å². The van der Waals surface area contributed by atoms with E-state index in [0.717, 1.165) is 0 Å². The fourth-order valence-electron chi connectivity index (χ4n) is 4.89. The molecule has 0 aliphatic rings. The zero-order valence-electron chi connectivity index (χ0n) is 28.7. The van der Waals surface area contributed by atoms with Crippen LogP contribution >= 0.6 is 0 Å². The molecule has 3 rings (SSSR count). The summed E-state index contributed by atoms with van der Waals surface area (Å²) in [7, 11) is 0. The summed E-state index contributed by atoms with van der Waals surface area (Å²) in [6.45, 7) is 19.7. The first-order valence-electron chi connectivity index (χ1n) is 15.2. The summed E-state index contributed by atoms with van der Waals surface area (Å²) in [4.78, 5) is 38.6. The molecular weight excluding hydrogens is 588 g/mol. The van der Waals surface area contributed by atoms with Gasteiger partial charge in [-0.3, -0.25) is 0 Å². The quantitative estimate of drug-likeness (QED) is 0.143. The van der Waals surface area contributed by atoms with Gasteiger partial charge >= 0.3 is 18.5 Å². The molecule has 9 nitrogen and oxygen atoms in total. The number of carbonyl (C=O) groups is 3. The molecule has 46 heavy (non-hydrogen) atoms. The van der Waals surface area contributed by atoms with Crippen LogP contribution in [0.25, 0.3) is 0 Å². The highest BCUT2D eigenvalue weighted by Crippen LogP contribution is 2.50. The number of ether oxygens (including phenoxy) is 6. The maximum absolute atomic E-state index is 12.9. The maximum Gasteiger partial charge on any atom is 0.514 e. The van der Waals surface area contributed by atoms with Crippen LogP contribution in [0.1, 0.15) is 98.8 Å². The van der Waals surface area contributed by atoms with Crippen LogP contribution < -0.4 is 14.2 Å². The predicted molar refractivity (Wildman–Crippen MR) is 175 cm³/mol. The number of para-hydroxylation sites is 3. The number of carbonyl (C=O) groups excluding carboxylic acids is 3. The highest BCUT2D eigenvalue weighted by atomic mass is 16.7. The fraction of sp³-hybridized carbons (Fsp3) is 0.432. The van der Waals surface area contributed by atoms with Crippen LogP contribution in [0.4, 0.5) is 14.4 Å². The Bertz CT molecular complexity index is 1460. The van der Waals surface area contributed by atoms with Crippen molar-refractivity contribution in [2.75, 3.05) is 0 Å². The van der Waals surface area contributed by atoms with E-state index in [1.165, 1.54) is 0 Å². The maximum atomic E-state index is 12.9. The molecule has 9 heteroatoms. The van der Waals surface area contributed by atoms with E-state index >= 15 is 0 Å². The number of hydrogen-bond donors (Lipinski definition) is 0. The monoisotopic (exact) mass is 634 g/mol. The lowest BCUT2D eigenvalue weighted by atomic mass is 9.66. The number of rotatable bonds is 7. The van der Waals surface area contributed by atoms with E-state index in [2.05, 4.69) is 0 Å². The van der Waals surface area contributed by atoms with Gasteiger partial charge in [-0.15, -0.1) is 0 Å². The summed E-state index contributed by atoms with van der Waals surface area (Å²) in [6, 6.07) is 21.3. The first-order chi connectivity index (χ1) is 21.2. The Labute approximate surface area is 272 Å². The smallest absolute Gasteiger partial charge is 0.428 e. The topological polar surface area (TPSA) is 107 Å². The van der Waals surface area contributed by atoms with E-state index in [-0.39, 0.29) is 17.2 Å². The summed E-state index contributed by atoms with van der Waals surface area (Å²) < 4.78 is 33.7. The molecule has 0 aliphatic heterocycles. The average Bonchev–Trinajstić information content (AvgIpc) is 2.87. The van der Waals surface area contributed by atoms with E-state index in [9.17, 15) is 14.4 Å². The van der Waals surface area contributed by atoms with E-state index in [1.807, 2.05) is 50.2 Å². The molecule has 0 bridgehead atoms. The Hall–Kier alpha value is -4.53. The van der Waals surface area contributed by atoms with Crippen LogP contribution in [-0.2, 0) is 19.6 Å². The molecule has 3 aromatic carbocycles. The minimum absolute atomic E-state index is 0.243. The van der Waals surface area contributed by atoms with Gasteiger partial charge in [0, 0.05) is 28.0 Å². The van der Waals surface area contributed by atoms with Crippen molar-refractivity contribution >= 4 is 18.5 Å². The zero-order chi connectivity index (χ0) is 34.5. The summed E-state index contributed by atoms with van der Waals surface area (Å²) in [5, 5.41) is 0. The van der Waals surface area contributed by atoms with Gasteiger partial charge in [-0.2, -0.15) is 0 Å². The SMILES string of the molecule is CC(C)(C)OC(=O)Oc1ccccc1C(c1ccccc1OC(=O)OC(C)(C)C)C(C)(C)c1ccccc1OC(=O)OC(C)(C)C. The van der Waals surface area contributed by atoms with Gasteiger partial charge in [-0.1, -0.05) is 68.4 Å². The Kier molecular flexibility index (Phi) is 10.8. The molecule has 0 spiro atoms. The average molecular weight is 635 g/mol. The number of hydrogen-bond acceptors (Lipinski definition) is 9. The summed E-state index contributed by atoms with van der Waals surface area (Å²) in [5.41, 5.74) is -1.41. The lowest BCUT2D eigenvalue weighted by molar-refractivity contribution is 0.0184. The predicted octanol–water partition coefficient (Wildman–Crippen LogP) is 9.74. The molecule has 248 valence electrons. The molecule has 0 amide bonds. The summed E-state index contributed by atoms with van der Waals surface area (Å²) in [6.07, 6.45) is -2.60. The van der Waals surface area contributed by atoms with Crippen molar-refractivity contribution in [2.45, 2.75) is 104 Å². The molecule has 0 fully saturated rings. The van der Waals surface area contributed by atoms with Crippen molar-refractivity contribution in [2.24, 2.45) is 0 Å². The van der Waals surface area contributed by atoms with Gasteiger partial charge in [0.2, 0.25) is 0 Å². The molecule has 0 saturated carbocycles. The highest BCUT2D eigenvalue weighted by molar-refractivity contribution is 5.69. The molecular formula is C37H46O9. The molecule has 0 radical (unpaired) electrons. The van der Waals surface area contributed by atoms with E-state index in [0.29, 0.717) is 16.7 Å². The third kappa shape index (κ3) is 10.3. The van der Waals surface area contributed by atoms with Gasteiger partial charge in [-0.25, -0.2) is 14.4 Å². The van der Waals surface area contributed by atoms with Crippen LogP contribution in [0.15, 0.2) is 72.8 Å². The van der Waals surface area contributed by atoms with Crippen molar-refractivity contribution in [1.82, 2.24) is 0 Å². The largest absolute Gasteiger partial charge is 0.514 e. The third-order valence-electron chi connectivity index (χ3n) is 6.51.